The summed E-state index contributed by atoms with van der Waals surface area (Å²) in [7, 11) is 0. The SMILES string of the molecule is CC(C)OCCNc1ccc2ncc(-c3ccns3)n2n1. The van der Waals surface area contributed by atoms with E-state index in [9.17, 15) is 0 Å². The maximum atomic E-state index is 5.50. The lowest BCUT2D eigenvalue weighted by molar-refractivity contribution is 0.0870. The number of rotatable bonds is 6. The first-order valence-corrected chi connectivity index (χ1v) is 7.62. The molecule has 21 heavy (non-hydrogen) atoms. The second-order valence-corrected chi connectivity index (χ2v) is 5.69. The lowest BCUT2D eigenvalue weighted by atomic mass is 10.4. The lowest BCUT2D eigenvalue weighted by Crippen LogP contribution is -2.14. The van der Waals surface area contributed by atoms with Gasteiger partial charge in [0.1, 0.15) is 11.5 Å². The van der Waals surface area contributed by atoms with Crippen LogP contribution in [0.5, 0.6) is 0 Å². The summed E-state index contributed by atoms with van der Waals surface area (Å²) >= 11 is 1.43. The van der Waals surface area contributed by atoms with Crippen LogP contribution in [-0.4, -0.2) is 38.2 Å². The predicted octanol–water partition coefficient (Wildman–Crippen LogP) is 2.69. The summed E-state index contributed by atoms with van der Waals surface area (Å²) in [6, 6.07) is 5.84. The average molecular weight is 303 g/mol. The monoisotopic (exact) mass is 303 g/mol. The standard InChI is InChI=1S/C14H17N5OS/c1-10(2)20-8-7-15-13-3-4-14-16-9-11(19(14)18-13)12-5-6-17-21-12/h3-6,9-10H,7-8H2,1-2H3,(H,15,18). The summed E-state index contributed by atoms with van der Waals surface area (Å²) < 4.78 is 11.5. The molecule has 3 heterocycles. The van der Waals surface area contributed by atoms with E-state index in [0.29, 0.717) is 6.61 Å². The van der Waals surface area contributed by atoms with Crippen LogP contribution in [0.15, 0.2) is 30.6 Å². The van der Waals surface area contributed by atoms with E-state index >= 15 is 0 Å². The molecule has 0 spiro atoms. The molecular formula is C14H17N5OS. The van der Waals surface area contributed by atoms with E-state index in [2.05, 4.69) is 19.8 Å². The minimum absolute atomic E-state index is 0.244. The maximum Gasteiger partial charge on any atom is 0.154 e. The van der Waals surface area contributed by atoms with Crippen LogP contribution in [0.1, 0.15) is 13.8 Å². The van der Waals surface area contributed by atoms with Crippen molar-refractivity contribution in [3.63, 3.8) is 0 Å². The normalized spacial score (nSPS) is 11.4. The molecule has 0 saturated carbocycles. The molecule has 110 valence electrons. The summed E-state index contributed by atoms with van der Waals surface area (Å²) in [5, 5.41) is 7.83. The molecule has 7 heteroatoms. The van der Waals surface area contributed by atoms with Gasteiger partial charge < -0.3 is 10.1 Å². The van der Waals surface area contributed by atoms with Crippen molar-refractivity contribution in [2.75, 3.05) is 18.5 Å². The summed E-state index contributed by atoms with van der Waals surface area (Å²) in [4.78, 5) is 5.41. The van der Waals surface area contributed by atoms with Gasteiger partial charge in [0.05, 0.1) is 23.8 Å². The van der Waals surface area contributed by atoms with Crippen LogP contribution in [0, 0.1) is 0 Å². The Labute approximate surface area is 127 Å². The number of nitrogens with one attached hydrogen (secondary N) is 1. The zero-order valence-electron chi connectivity index (χ0n) is 12.0. The van der Waals surface area contributed by atoms with Gasteiger partial charge in [0.25, 0.3) is 0 Å². The van der Waals surface area contributed by atoms with Crippen LogP contribution >= 0.6 is 11.5 Å². The number of hydrogen-bond donors (Lipinski definition) is 1. The molecule has 0 atom stereocenters. The second-order valence-electron chi connectivity index (χ2n) is 4.86. The van der Waals surface area contributed by atoms with Gasteiger partial charge in [-0.1, -0.05) is 0 Å². The summed E-state index contributed by atoms with van der Waals surface area (Å²) in [6.07, 6.45) is 3.85. The molecule has 0 aliphatic carbocycles. The van der Waals surface area contributed by atoms with E-state index < -0.39 is 0 Å². The third kappa shape index (κ3) is 3.20. The van der Waals surface area contributed by atoms with Crippen molar-refractivity contribution in [2.24, 2.45) is 0 Å². The Balaban J connectivity index is 1.77. The highest BCUT2D eigenvalue weighted by molar-refractivity contribution is 7.09. The van der Waals surface area contributed by atoms with E-state index in [1.54, 1.807) is 6.20 Å². The van der Waals surface area contributed by atoms with Gasteiger partial charge in [-0.05, 0) is 43.6 Å². The molecular weight excluding hydrogens is 286 g/mol. The molecule has 3 aromatic rings. The van der Waals surface area contributed by atoms with Crippen LogP contribution in [-0.2, 0) is 4.74 Å². The molecule has 0 aliphatic rings. The van der Waals surface area contributed by atoms with Crippen LogP contribution in [0.2, 0.25) is 0 Å². The molecule has 0 bridgehead atoms. The van der Waals surface area contributed by atoms with Gasteiger partial charge in [-0.2, -0.15) is 0 Å². The van der Waals surface area contributed by atoms with Crippen LogP contribution in [0.3, 0.4) is 0 Å². The summed E-state index contributed by atoms with van der Waals surface area (Å²) in [5.41, 5.74) is 1.77. The number of aromatic nitrogens is 4. The van der Waals surface area contributed by atoms with Crippen LogP contribution in [0.4, 0.5) is 5.82 Å². The number of imidazole rings is 1. The lowest BCUT2D eigenvalue weighted by Gasteiger charge is -2.09. The Morgan fingerprint density at radius 3 is 3.00 bits per heavy atom. The van der Waals surface area contributed by atoms with E-state index in [0.717, 1.165) is 28.6 Å². The molecule has 0 aromatic carbocycles. The zero-order valence-corrected chi connectivity index (χ0v) is 12.8. The first-order valence-electron chi connectivity index (χ1n) is 6.85. The number of fused-ring (bicyclic) bond motifs is 1. The van der Waals surface area contributed by atoms with Gasteiger partial charge in [0.15, 0.2) is 5.65 Å². The molecule has 3 rings (SSSR count). The molecule has 6 nitrogen and oxygen atoms in total. The van der Waals surface area contributed by atoms with Gasteiger partial charge in [0.2, 0.25) is 0 Å². The highest BCUT2D eigenvalue weighted by Gasteiger charge is 2.09. The number of hydrogen-bond acceptors (Lipinski definition) is 6. The Morgan fingerprint density at radius 1 is 1.33 bits per heavy atom. The third-order valence-electron chi connectivity index (χ3n) is 2.91. The fourth-order valence-electron chi connectivity index (χ4n) is 1.96. The molecule has 0 aliphatic heterocycles. The maximum absolute atomic E-state index is 5.50. The van der Waals surface area contributed by atoms with Gasteiger partial charge in [-0.3, -0.25) is 0 Å². The minimum Gasteiger partial charge on any atom is -0.377 e. The first kappa shape index (κ1) is 14.0. The smallest absolute Gasteiger partial charge is 0.154 e. The van der Waals surface area contributed by atoms with E-state index in [1.807, 2.05) is 42.8 Å². The van der Waals surface area contributed by atoms with Crippen molar-refractivity contribution in [1.82, 2.24) is 19.0 Å². The fraction of sp³-hybridized carbons (Fsp3) is 0.357. The molecule has 0 amide bonds. The Morgan fingerprint density at radius 2 is 2.24 bits per heavy atom. The number of ether oxygens (including phenoxy) is 1. The van der Waals surface area contributed by atoms with Crippen LogP contribution < -0.4 is 5.32 Å². The molecule has 0 saturated heterocycles. The minimum atomic E-state index is 0.244. The van der Waals surface area contributed by atoms with Crippen molar-refractivity contribution < 1.29 is 4.74 Å². The predicted molar refractivity (Wildman–Crippen MR) is 83.7 cm³/mol. The van der Waals surface area contributed by atoms with Crippen molar-refractivity contribution in [3.8, 4) is 10.6 Å². The van der Waals surface area contributed by atoms with Gasteiger partial charge in [-0.25, -0.2) is 13.9 Å². The quantitative estimate of drug-likeness (QED) is 0.709. The van der Waals surface area contributed by atoms with Crippen molar-refractivity contribution in [1.29, 1.82) is 0 Å². The highest BCUT2D eigenvalue weighted by Crippen LogP contribution is 2.23. The van der Waals surface area contributed by atoms with Crippen molar-refractivity contribution in [3.05, 3.63) is 30.6 Å². The van der Waals surface area contributed by atoms with E-state index in [-0.39, 0.29) is 6.10 Å². The largest absolute Gasteiger partial charge is 0.377 e. The molecule has 3 aromatic heterocycles. The van der Waals surface area contributed by atoms with E-state index in [1.165, 1.54) is 11.5 Å². The van der Waals surface area contributed by atoms with E-state index in [4.69, 9.17) is 4.74 Å². The van der Waals surface area contributed by atoms with Crippen molar-refractivity contribution >= 4 is 23.0 Å². The van der Waals surface area contributed by atoms with Gasteiger partial charge in [-0.15, -0.1) is 5.10 Å². The average Bonchev–Trinajstić information content (AvgIpc) is 3.11. The summed E-state index contributed by atoms with van der Waals surface area (Å²) in [6.45, 7) is 5.43. The zero-order chi connectivity index (χ0) is 14.7. The summed E-state index contributed by atoms with van der Waals surface area (Å²) in [5.74, 6) is 0.804. The Hall–Kier alpha value is -1.99. The Kier molecular flexibility index (Phi) is 4.12. The highest BCUT2D eigenvalue weighted by atomic mass is 32.1. The number of nitrogens with zero attached hydrogens (tertiary/aromatic N) is 4. The third-order valence-corrected chi connectivity index (χ3v) is 3.68. The Bertz CT molecular complexity index is 707. The molecule has 0 fully saturated rings. The molecule has 1 N–H and O–H groups in total. The fourth-order valence-corrected chi connectivity index (χ4v) is 2.55. The van der Waals surface area contributed by atoms with Gasteiger partial charge >= 0.3 is 0 Å². The molecule has 0 unspecified atom stereocenters. The van der Waals surface area contributed by atoms with Crippen molar-refractivity contribution in [2.45, 2.75) is 20.0 Å². The van der Waals surface area contributed by atoms with Gasteiger partial charge in [0, 0.05) is 12.7 Å². The second kappa shape index (κ2) is 6.19. The molecule has 0 radical (unpaired) electrons. The van der Waals surface area contributed by atoms with Crippen LogP contribution in [0.25, 0.3) is 16.2 Å². The first-order chi connectivity index (χ1) is 10.2. The topological polar surface area (TPSA) is 64.3 Å². The number of anilines is 1.